The summed E-state index contributed by atoms with van der Waals surface area (Å²) in [5.41, 5.74) is 15.9. The molecule has 2 atom stereocenters. The van der Waals surface area contributed by atoms with E-state index in [0.29, 0.717) is 36.4 Å². The van der Waals surface area contributed by atoms with Gasteiger partial charge in [-0.25, -0.2) is 13.2 Å². The average molecular weight is 553 g/mol. The number of carbonyl (C=O) groups excluding carboxylic acids is 1. The number of amides is 1. The molecule has 0 unspecified atom stereocenters. The van der Waals surface area contributed by atoms with Gasteiger partial charge >= 0.3 is 5.97 Å². The number of nitrogens with one attached hydrogen (secondary N) is 3. The Hall–Kier alpha value is -3.16. The fourth-order valence-electron chi connectivity index (χ4n) is 4.46. The Bertz CT molecular complexity index is 1200. The second-order valence-corrected chi connectivity index (χ2v) is 11.7. The quantitative estimate of drug-likeness (QED) is 0.0685. The molecule has 0 aromatic rings. The van der Waals surface area contributed by atoms with Crippen LogP contribution in [0, 0.1) is 5.41 Å². The molecule has 38 heavy (non-hydrogen) atoms. The highest BCUT2D eigenvalue weighted by Gasteiger charge is 2.42. The van der Waals surface area contributed by atoms with Crippen LogP contribution in [0.2, 0.25) is 0 Å². The minimum atomic E-state index is -4.01. The summed E-state index contributed by atoms with van der Waals surface area (Å²) < 4.78 is 32.7. The number of guanidine groups is 1. The van der Waals surface area contributed by atoms with Crippen molar-refractivity contribution >= 4 is 27.9 Å². The average Bonchev–Trinajstić information content (AvgIpc) is 2.82. The molecule has 0 fully saturated rings. The number of nitrogens with two attached hydrogens (primary N) is 2. The fraction of sp³-hybridized carbons (Fsp3) is 0.560. The zero-order chi connectivity index (χ0) is 28.8. The molecule has 0 radical (unpaired) electrons. The number of aliphatic imine (C=N–C) groups is 1. The van der Waals surface area contributed by atoms with E-state index in [9.17, 15) is 18.0 Å². The van der Waals surface area contributed by atoms with Crippen LogP contribution in [-0.4, -0.2) is 50.0 Å². The van der Waals surface area contributed by atoms with E-state index in [-0.39, 0.29) is 30.3 Å². The molecule has 2 rings (SSSR count). The first-order valence-electron chi connectivity index (χ1n) is 12.4. The normalized spacial score (nSPS) is 19.4. The second-order valence-electron chi connectivity index (χ2n) is 10.1. The van der Waals surface area contributed by atoms with Crippen LogP contribution in [0.25, 0.3) is 0 Å². The first-order valence-corrected chi connectivity index (χ1v) is 13.9. The van der Waals surface area contributed by atoms with Crippen molar-refractivity contribution < 1.29 is 27.9 Å². The lowest BCUT2D eigenvalue weighted by Crippen LogP contribution is -2.48. The van der Waals surface area contributed by atoms with Gasteiger partial charge in [0.15, 0.2) is 0 Å². The highest BCUT2D eigenvalue weighted by Crippen LogP contribution is 2.50. The molecular formula is C25H40N6O6S. The van der Waals surface area contributed by atoms with Crippen molar-refractivity contribution in [2.75, 3.05) is 6.54 Å². The van der Waals surface area contributed by atoms with Crippen LogP contribution >= 0.6 is 0 Å². The van der Waals surface area contributed by atoms with Gasteiger partial charge in [-0.05, 0) is 64.0 Å². The molecule has 1 amide bonds. The van der Waals surface area contributed by atoms with Crippen LogP contribution in [0.15, 0.2) is 50.8 Å². The van der Waals surface area contributed by atoms with Gasteiger partial charge in [-0.2, -0.15) is 0 Å². The van der Waals surface area contributed by atoms with Gasteiger partial charge in [0.05, 0.1) is 10.9 Å². The lowest BCUT2D eigenvalue weighted by Gasteiger charge is -2.38. The van der Waals surface area contributed by atoms with E-state index in [1.165, 1.54) is 6.08 Å². The van der Waals surface area contributed by atoms with Gasteiger partial charge < -0.3 is 26.6 Å². The maximum Gasteiger partial charge on any atom is 0.326 e. The van der Waals surface area contributed by atoms with Crippen molar-refractivity contribution in [1.82, 2.24) is 15.6 Å². The summed E-state index contributed by atoms with van der Waals surface area (Å²) >= 11 is 0. The highest BCUT2D eigenvalue weighted by molar-refractivity contribution is 7.93. The van der Waals surface area contributed by atoms with Crippen molar-refractivity contribution in [2.45, 2.75) is 78.8 Å². The van der Waals surface area contributed by atoms with Crippen LogP contribution in [0.1, 0.15) is 66.7 Å². The van der Waals surface area contributed by atoms with Gasteiger partial charge in [0.2, 0.25) is 11.9 Å². The molecule has 2 aliphatic rings. The SMILES string of the molecule is C=CC[C@H](NC(=O)[C@H](N)CCCN=C(N)NNS(=O)(=O)C1=C2C(C)=C(C)OC(C)=C2CCC1(C)C)C(=O)O. The number of hydrogen-bond donors (Lipinski definition) is 6. The first-order chi connectivity index (χ1) is 17.6. The molecule has 0 saturated carbocycles. The number of ether oxygens (including phenoxy) is 1. The van der Waals surface area contributed by atoms with E-state index in [0.717, 1.165) is 11.1 Å². The Kier molecular flexibility index (Phi) is 10.3. The standard InChI is InChI=1S/C25H40N6O6S/c1-7-9-19(23(33)34)29-22(32)18(26)10-8-13-28-24(27)30-31-38(35,36)21-20-14(2)15(3)37-16(4)17(20)11-12-25(21,5)6/h7,18-19,31H,1,8-13,26H2,2-6H3,(H,29,32)(H,33,34)(H3,27,28,30)/t18-,19+/m1/s1. The summed E-state index contributed by atoms with van der Waals surface area (Å²) in [7, 11) is -4.01. The number of allylic oxidation sites excluding steroid dienone is 6. The van der Waals surface area contributed by atoms with Gasteiger partial charge in [-0.3, -0.25) is 15.2 Å². The minimum Gasteiger partial charge on any atom is -0.480 e. The largest absolute Gasteiger partial charge is 0.480 e. The molecule has 12 nitrogen and oxygen atoms in total. The van der Waals surface area contributed by atoms with Crippen molar-refractivity contribution in [1.29, 1.82) is 0 Å². The predicted octanol–water partition coefficient (Wildman–Crippen LogP) is 1.65. The van der Waals surface area contributed by atoms with E-state index in [1.54, 1.807) is 0 Å². The summed E-state index contributed by atoms with van der Waals surface area (Å²) in [5.74, 6) is -0.559. The van der Waals surface area contributed by atoms with Crippen LogP contribution in [0.3, 0.4) is 0 Å². The Morgan fingerprint density at radius 2 is 1.92 bits per heavy atom. The summed E-state index contributed by atoms with van der Waals surface area (Å²) in [4.78, 5) is 30.0. The summed E-state index contributed by atoms with van der Waals surface area (Å²) in [5, 5.41) is 11.5. The number of carbonyl (C=O) groups is 2. The van der Waals surface area contributed by atoms with E-state index in [1.807, 2.05) is 34.6 Å². The molecule has 8 N–H and O–H groups in total. The number of hydrogen-bond acceptors (Lipinski definition) is 7. The van der Waals surface area contributed by atoms with Crippen molar-refractivity contribution in [3.63, 3.8) is 0 Å². The van der Waals surface area contributed by atoms with Gasteiger partial charge in [-0.1, -0.05) is 19.9 Å². The zero-order valence-corrected chi connectivity index (χ0v) is 23.5. The number of sulfonamides is 1. The highest BCUT2D eigenvalue weighted by atomic mass is 32.2. The van der Waals surface area contributed by atoms with E-state index in [2.05, 4.69) is 27.1 Å². The van der Waals surface area contributed by atoms with Crippen molar-refractivity contribution in [3.05, 3.63) is 45.8 Å². The fourth-order valence-corrected chi connectivity index (χ4v) is 6.18. The Labute approximate surface area is 224 Å². The number of carboxylic acid groups (broad SMARTS) is 1. The minimum absolute atomic E-state index is 0.0756. The lowest BCUT2D eigenvalue weighted by atomic mass is 9.74. The molecule has 0 aromatic heterocycles. The van der Waals surface area contributed by atoms with Crippen molar-refractivity contribution in [3.8, 4) is 0 Å². The lowest BCUT2D eigenvalue weighted by molar-refractivity contribution is -0.141. The molecule has 13 heteroatoms. The third-order valence-electron chi connectivity index (χ3n) is 6.67. The van der Waals surface area contributed by atoms with Crippen LogP contribution in [-0.2, 0) is 24.3 Å². The third-order valence-corrected chi connectivity index (χ3v) is 8.33. The van der Waals surface area contributed by atoms with E-state index < -0.39 is 39.4 Å². The Morgan fingerprint density at radius 3 is 2.53 bits per heavy atom. The second kappa shape index (κ2) is 12.6. The number of nitrogens with zero attached hydrogens (tertiary/aromatic N) is 1. The van der Waals surface area contributed by atoms with Gasteiger partial charge in [0.1, 0.15) is 17.6 Å². The van der Waals surface area contributed by atoms with Gasteiger partial charge in [-0.15, -0.1) is 11.4 Å². The topological polar surface area (TPSA) is 198 Å². The molecule has 0 spiro atoms. The van der Waals surface area contributed by atoms with Crippen LogP contribution < -0.4 is 27.0 Å². The molecule has 0 aromatic carbocycles. The maximum atomic E-state index is 13.5. The molecule has 0 saturated heterocycles. The van der Waals surface area contributed by atoms with Crippen LogP contribution in [0.4, 0.5) is 0 Å². The molecule has 1 aliphatic heterocycles. The van der Waals surface area contributed by atoms with E-state index in [4.69, 9.17) is 21.3 Å². The predicted molar refractivity (Wildman–Crippen MR) is 145 cm³/mol. The Morgan fingerprint density at radius 1 is 1.26 bits per heavy atom. The number of fused-ring (bicyclic) bond motifs is 1. The van der Waals surface area contributed by atoms with E-state index >= 15 is 0 Å². The number of hydrazine groups is 1. The monoisotopic (exact) mass is 552 g/mol. The molecule has 1 heterocycles. The van der Waals surface area contributed by atoms with Crippen molar-refractivity contribution in [2.24, 2.45) is 21.9 Å². The molecule has 0 bridgehead atoms. The zero-order valence-electron chi connectivity index (χ0n) is 22.7. The molecular weight excluding hydrogens is 512 g/mol. The van der Waals surface area contributed by atoms with Crippen LogP contribution in [0.5, 0.6) is 0 Å². The molecule has 1 aliphatic carbocycles. The third kappa shape index (κ3) is 7.45. The van der Waals surface area contributed by atoms with Gasteiger partial charge in [0, 0.05) is 17.5 Å². The smallest absolute Gasteiger partial charge is 0.326 e. The number of rotatable bonds is 12. The Balaban J connectivity index is 2.02. The summed E-state index contributed by atoms with van der Waals surface area (Å²) in [6.45, 7) is 12.9. The number of carboxylic acids is 1. The maximum absolute atomic E-state index is 13.5. The number of aliphatic carboxylic acids is 1. The first kappa shape index (κ1) is 31.1. The summed E-state index contributed by atoms with van der Waals surface area (Å²) in [6.07, 6.45) is 3.40. The summed E-state index contributed by atoms with van der Waals surface area (Å²) in [6, 6.07) is -2.03. The molecule has 212 valence electrons. The van der Waals surface area contributed by atoms with Gasteiger partial charge in [0.25, 0.3) is 10.0 Å².